The molecular weight excluding hydrogens is 410 g/mol. The highest BCUT2D eigenvalue weighted by Gasteiger charge is 2.24. The van der Waals surface area contributed by atoms with E-state index in [1.54, 1.807) is 0 Å². The number of amides is 1. The van der Waals surface area contributed by atoms with E-state index in [0.717, 1.165) is 12.1 Å². The topological polar surface area (TPSA) is 174 Å². The molecule has 0 spiro atoms. The Balaban J connectivity index is 2.13. The number of rotatable bonds is 15. The first kappa shape index (κ1) is 24.4. The molecule has 0 radical (unpaired) electrons. The molecule has 29 heavy (non-hydrogen) atoms. The molecule has 0 aliphatic carbocycles. The van der Waals surface area contributed by atoms with E-state index in [9.17, 15) is 28.1 Å². The summed E-state index contributed by atoms with van der Waals surface area (Å²) in [7, 11) is -4.04. The number of para-hydroxylation sites is 1. The summed E-state index contributed by atoms with van der Waals surface area (Å²) in [6.45, 7) is 0.797. The van der Waals surface area contributed by atoms with E-state index in [4.69, 9.17) is 14.6 Å². The number of carboxylic acids is 1. The third kappa shape index (κ3) is 9.94. The number of nitro groups is 1. The number of hydrogen-bond acceptors (Lipinski definition) is 8. The molecule has 12 nitrogen and oxygen atoms in total. The minimum absolute atomic E-state index is 0.0369. The molecule has 0 saturated heterocycles. The van der Waals surface area contributed by atoms with Crippen molar-refractivity contribution in [2.24, 2.45) is 0 Å². The van der Waals surface area contributed by atoms with Crippen molar-refractivity contribution in [3.8, 4) is 0 Å². The predicted molar refractivity (Wildman–Crippen MR) is 99.8 cm³/mol. The van der Waals surface area contributed by atoms with Gasteiger partial charge >= 0.3 is 5.97 Å². The van der Waals surface area contributed by atoms with Crippen LogP contribution >= 0.6 is 0 Å². The van der Waals surface area contributed by atoms with Crippen LogP contribution in [0.4, 0.5) is 5.69 Å². The Kier molecular flexibility index (Phi) is 10.8. The first-order valence-corrected chi connectivity index (χ1v) is 10.1. The van der Waals surface area contributed by atoms with Gasteiger partial charge in [0.15, 0.2) is 4.90 Å². The van der Waals surface area contributed by atoms with Gasteiger partial charge in [-0.1, -0.05) is 12.1 Å². The molecule has 162 valence electrons. The lowest BCUT2D eigenvalue weighted by Crippen LogP contribution is -2.29. The van der Waals surface area contributed by atoms with Gasteiger partial charge < -0.3 is 19.9 Å². The molecule has 0 unspecified atom stereocenters. The zero-order valence-electron chi connectivity index (χ0n) is 15.5. The van der Waals surface area contributed by atoms with Crippen LogP contribution in [-0.4, -0.2) is 69.8 Å². The first-order valence-electron chi connectivity index (χ1n) is 8.61. The van der Waals surface area contributed by atoms with Gasteiger partial charge in [0.2, 0.25) is 15.9 Å². The summed E-state index contributed by atoms with van der Waals surface area (Å²) >= 11 is 0. The fourth-order valence-corrected chi connectivity index (χ4v) is 3.24. The molecule has 0 fully saturated rings. The highest BCUT2D eigenvalue weighted by molar-refractivity contribution is 7.89. The number of ether oxygens (including phenoxy) is 2. The average Bonchev–Trinajstić information content (AvgIpc) is 2.67. The summed E-state index contributed by atoms with van der Waals surface area (Å²) in [5.74, 6) is -1.42. The predicted octanol–water partition coefficient (Wildman–Crippen LogP) is -0.113. The van der Waals surface area contributed by atoms with Crippen LogP contribution in [0.15, 0.2) is 29.2 Å². The van der Waals surface area contributed by atoms with Gasteiger partial charge in [-0.3, -0.25) is 19.7 Å². The highest BCUT2D eigenvalue weighted by atomic mass is 32.2. The molecule has 0 heterocycles. The smallest absolute Gasteiger partial charge is 0.303 e. The maximum absolute atomic E-state index is 12.1. The van der Waals surface area contributed by atoms with Crippen molar-refractivity contribution in [2.75, 3.05) is 39.5 Å². The van der Waals surface area contributed by atoms with E-state index >= 15 is 0 Å². The fraction of sp³-hybridized carbons (Fsp3) is 0.500. The molecule has 0 aliphatic heterocycles. The Morgan fingerprint density at radius 2 is 1.66 bits per heavy atom. The summed E-state index contributed by atoms with van der Waals surface area (Å²) in [4.78, 5) is 31.3. The number of carbonyl (C=O) groups excluding carboxylic acids is 1. The second-order valence-corrected chi connectivity index (χ2v) is 7.33. The van der Waals surface area contributed by atoms with Gasteiger partial charge in [-0.25, -0.2) is 13.1 Å². The fourth-order valence-electron chi connectivity index (χ4n) is 2.05. The van der Waals surface area contributed by atoms with E-state index in [1.165, 1.54) is 12.1 Å². The number of carbonyl (C=O) groups is 2. The second-order valence-electron chi connectivity index (χ2n) is 5.59. The van der Waals surface area contributed by atoms with Crippen molar-refractivity contribution in [1.29, 1.82) is 0 Å². The zero-order valence-corrected chi connectivity index (χ0v) is 16.4. The van der Waals surface area contributed by atoms with Gasteiger partial charge in [0.25, 0.3) is 5.69 Å². The van der Waals surface area contributed by atoms with Crippen molar-refractivity contribution in [2.45, 2.75) is 17.7 Å². The Morgan fingerprint density at radius 3 is 2.28 bits per heavy atom. The average molecular weight is 433 g/mol. The minimum Gasteiger partial charge on any atom is -0.481 e. The standard InChI is InChI=1S/C16H23N3O9S/c20-15(5-6-16(21)22)17-7-9-27-11-12-28-10-8-18-29(25,26)14-4-2-1-3-13(14)19(23)24/h1-4,18H,5-12H2,(H,17,20)(H,21,22). The SMILES string of the molecule is O=C(O)CCC(=O)NCCOCCOCCNS(=O)(=O)c1ccccc1[N+](=O)[O-]. The normalized spacial score (nSPS) is 11.2. The molecular formula is C16H23N3O9S. The molecule has 1 aromatic carbocycles. The van der Waals surface area contributed by atoms with Crippen LogP contribution in [0.1, 0.15) is 12.8 Å². The molecule has 0 saturated carbocycles. The summed E-state index contributed by atoms with van der Waals surface area (Å²) < 4.78 is 36.9. The van der Waals surface area contributed by atoms with Gasteiger partial charge in [-0.15, -0.1) is 0 Å². The van der Waals surface area contributed by atoms with Crippen LogP contribution in [-0.2, 0) is 29.1 Å². The molecule has 13 heteroatoms. The molecule has 0 aliphatic rings. The van der Waals surface area contributed by atoms with Crippen molar-refractivity contribution in [3.05, 3.63) is 34.4 Å². The van der Waals surface area contributed by atoms with Gasteiger partial charge in [0.1, 0.15) is 0 Å². The Morgan fingerprint density at radius 1 is 1.03 bits per heavy atom. The van der Waals surface area contributed by atoms with Crippen LogP contribution in [0.25, 0.3) is 0 Å². The Labute approximate surface area is 167 Å². The first-order chi connectivity index (χ1) is 13.7. The van der Waals surface area contributed by atoms with Crippen LogP contribution in [0.5, 0.6) is 0 Å². The van der Waals surface area contributed by atoms with E-state index in [0.29, 0.717) is 0 Å². The van der Waals surface area contributed by atoms with Crippen LogP contribution < -0.4 is 10.0 Å². The largest absolute Gasteiger partial charge is 0.481 e. The van der Waals surface area contributed by atoms with E-state index in [2.05, 4.69) is 10.0 Å². The molecule has 0 bridgehead atoms. The van der Waals surface area contributed by atoms with Gasteiger partial charge in [0.05, 0.1) is 37.8 Å². The number of nitrogens with zero attached hydrogens (tertiary/aromatic N) is 1. The Hall–Kier alpha value is -2.61. The highest BCUT2D eigenvalue weighted by Crippen LogP contribution is 2.22. The van der Waals surface area contributed by atoms with Crippen LogP contribution in [0.3, 0.4) is 0 Å². The summed E-state index contributed by atoms with van der Waals surface area (Å²) in [5, 5.41) is 21.9. The number of benzene rings is 1. The van der Waals surface area contributed by atoms with Crippen LogP contribution in [0, 0.1) is 10.1 Å². The number of nitro benzene ring substituents is 1. The maximum atomic E-state index is 12.1. The molecule has 1 rings (SSSR count). The van der Waals surface area contributed by atoms with Gasteiger partial charge in [-0.2, -0.15) is 0 Å². The van der Waals surface area contributed by atoms with E-state index in [-0.39, 0.29) is 58.3 Å². The number of sulfonamides is 1. The maximum Gasteiger partial charge on any atom is 0.303 e. The van der Waals surface area contributed by atoms with E-state index in [1.807, 2.05) is 0 Å². The lowest BCUT2D eigenvalue weighted by atomic mass is 10.3. The third-order valence-electron chi connectivity index (χ3n) is 3.40. The molecule has 1 aromatic rings. The summed E-state index contributed by atoms with van der Waals surface area (Å²) in [6.07, 6.45) is -0.331. The number of aliphatic carboxylic acids is 1. The van der Waals surface area contributed by atoms with Gasteiger partial charge in [-0.05, 0) is 6.07 Å². The summed E-state index contributed by atoms with van der Waals surface area (Å²) in [5.41, 5.74) is -0.510. The number of hydrogen-bond donors (Lipinski definition) is 3. The van der Waals surface area contributed by atoms with Crippen molar-refractivity contribution in [3.63, 3.8) is 0 Å². The quantitative estimate of drug-likeness (QED) is 0.194. The lowest BCUT2D eigenvalue weighted by molar-refractivity contribution is -0.387. The zero-order chi connectivity index (χ0) is 21.7. The van der Waals surface area contributed by atoms with E-state index < -0.39 is 31.5 Å². The van der Waals surface area contributed by atoms with Crippen molar-refractivity contribution in [1.82, 2.24) is 10.0 Å². The monoisotopic (exact) mass is 433 g/mol. The van der Waals surface area contributed by atoms with Crippen LogP contribution in [0.2, 0.25) is 0 Å². The molecule has 3 N–H and O–H groups in total. The lowest BCUT2D eigenvalue weighted by Gasteiger charge is -2.09. The molecule has 0 aromatic heterocycles. The van der Waals surface area contributed by atoms with Gasteiger partial charge in [0, 0.05) is 25.6 Å². The number of carboxylic acid groups (broad SMARTS) is 1. The third-order valence-corrected chi connectivity index (χ3v) is 4.90. The minimum atomic E-state index is -4.04. The Bertz CT molecular complexity index is 799. The molecule has 0 atom stereocenters. The van der Waals surface area contributed by atoms with Crippen molar-refractivity contribution >= 4 is 27.6 Å². The second kappa shape index (κ2) is 12.8. The number of nitrogens with one attached hydrogen (secondary N) is 2. The molecule has 1 amide bonds. The summed E-state index contributed by atoms with van der Waals surface area (Å²) in [6, 6.07) is 5.03. The van der Waals surface area contributed by atoms with Crippen molar-refractivity contribution < 1.29 is 37.5 Å².